The summed E-state index contributed by atoms with van der Waals surface area (Å²) in [5.41, 5.74) is 4.24. The van der Waals surface area contributed by atoms with Gasteiger partial charge in [0.25, 0.3) is 0 Å². The fraction of sp³-hybridized carbons (Fsp3) is 0.389. The van der Waals surface area contributed by atoms with Crippen molar-refractivity contribution in [3.8, 4) is 11.3 Å². The number of hydrogen-bond acceptors (Lipinski definition) is 4. The van der Waals surface area contributed by atoms with Crippen LogP contribution in [0.2, 0.25) is 0 Å². The first-order chi connectivity index (χ1) is 10.7. The first-order valence-electron chi connectivity index (χ1n) is 7.85. The van der Waals surface area contributed by atoms with Crippen LogP contribution in [0.5, 0.6) is 0 Å². The zero-order valence-corrected chi connectivity index (χ0v) is 13.2. The summed E-state index contributed by atoms with van der Waals surface area (Å²) in [6, 6.07) is 8.12. The first kappa shape index (κ1) is 14.7. The van der Waals surface area contributed by atoms with Crippen LogP contribution >= 0.6 is 0 Å². The topological polar surface area (TPSA) is 46.1 Å². The van der Waals surface area contributed by atoms with Crippen molar-refractivity contribution in [2.45, 2.75) is 33.1 Å². The Morgan fingerprint density at radius 3 is 2.32 bits per heavy atom. The number of anilines is 1. The molecule has 0 saturated carbocycles. The van der Waals surface area contributed by atoms with E-state index in [0.717, 1.165) is 42.3 Å². The van der Waals surface area contributed by atoms with Crippen LogP contribution in [-0.2, 0) is 0 Å². The molecule has 3 rings (SSSR count). The van der Waals surface area contributed by atoms with Crippen LogP contribution in [-0.4, -0.2) is 29.3 Å². The second-order valence-electron chi connectivity index (χ2n) is 5.90. The molecule has 4 nitrogen and oxygen atoms in total. The fourth-order valence-corrected chi connectivity index (χ4v) is 2.87. The second-order valence-corrected chi connectivity index (χ2v) is 5.90. The average molecular weight is 295 g/mol. The van der Waals surface area contributed by atoms with Crippen LogP contribution < -0.4 is 4.90 Å². The lowest BCUT2D eigenvalue weighted by Crippen LogP contribution is -2.31. The summed E-state index contributed by atoms with van der Waals surface area (Å²) in [4.78, 5) is 23.0. The molecule has 0 spiro atoms. The van der Waals surface area contributed by atoms with Gasteiger partial charge in [-0.25, -0.2) is 9.97 Å². The molecule has 0 N–H and O–H groups in total. The van der Waals surface area contributed by atoms with E-state index in [4.69, 9.17) is 4.98 Å². The number of nitrogens with zero attached hydrogens (tertiary/aromatic N) is 3. The predicted octanol–water partition coefficient (Wildman–Crippen LogP) is 3.56. The van der Waals surface area contributed by atoms with Gasteiger partial charge in [0.2, 0.25) is 5.95 Å². The maximum atomic E-state index is 11.5. The summed E-state index contributed by atoms with van der Waals surface area (Å²) < 4.78 is 0. The molecule has 1 aromatic heterocycles. The largest absolute Gasteiger partial charge is 0.341 e. The number of aldehydes is 1. The van der Waals surface area contributed by atoms with E-state index >= 15 is 0 Å². The highest BCUT2D eigenvalue weighted by Gasteiger charge is 2.18. The van der Waals surface area contributed by atoms with E-state index in [1.54, 1.807) is 0 Å². The Labute approximate surface area is 131 Å². The number of benzene rings is 1. The average Bonchev–Trinajstić information content (AvgIpc) is 2.55. The van der Waals surface area contributed by atoms with Crippen LogP contribution in [0, 0.1) is 13.8 Å². The molecule has 2 aromatic rings. The Hall–Kier alpha value is -2.23. The van der Waals surface area contributed by atoms with E-state index in [9.17, 15) is 4.79 Å². The molecular weight excluding hydrogens is 274 g/mol. The number of carbonyl (C=O) groups excluding carboxylic acids is 1. The Morgan fingerprint density at radius 1 is 1.00 bits per heavy atom. The molecule has 114 valence electrons. The van der Waals surface area contributed by atoms with Gasteiger partial charge in [-0.1, -0.05) is 29.8 Å². The highest BCUT2D eigenvalue weighted by atomic mass is 16.1. The van der Waals surface area contributed by atoms with Crippen LogP contribution in [0.1, 0.15) is 40.9 Å². The summed E-state index contributed by atoms with van der Waals surface area (Å²) in [5, 5.41) is 0. The highest BCUT2D eigenvalue weighted by Crippen LogP contribution is 2.26. The normalized spacial score (nSPS) is 14.9. The van der Waals surface area contributed by atoms with Crippen molar-refractivity contribution >= 4 is 12.2 Å². The lowest BCUT2D eigenvalue weighted by atomic mass is 10.0. The zero-order valence-electron chi connectivity index (χ0n) is 13.2. The summed E-state index contributed by atoms with van der Waals surface area (Å²) in [5.74, 6) is 0.748. The van der Waals surface area contributed by atoms with Crippen molar-refractivity contribution in [1.82, 2.24) is 9.97 Å². The van der Waals surface area contributed by atoms with E-state index in [-0.39, 0.29) is 0 Å². The highest BCUT2D eigenvalue weighted by molar-refractivity contribution is 5.87. The molecule has 0 radical (unpaired) electrons. The third kappa shape index (κ3) is 2.86. The van der Waals surface area contributed by atoms with Gasteiger partial charge >= 0.3 is 0 Å². The maximum Gasteiger partial charge on any atom is 0.226 e. The van der Waals surface area contributed by atoms with Gasteiger partial charge < -0.3 is 4.90 Å². The minimum atomic E-state index is 0.588. The number of hydrogen-bond donors (Lipinski definition) is 0. The lowest BCUT2D eigenvalue weighted by Gasteiger charge is -2.27. The van der Waals surface area contributed by atoms with E-state index in [1.165, 1.54) is 24.8 Å². The molecule has 1 aliphatic heterocycles. The first-order valence-corrected chi connectivity index (χ1v) is 7.85. The standard InChI is InChI=1S/C18H21N3O/c1-13-6-8-15(9-7-13)17-16(12-22)14(2)19-18(20-17)21-10-4-3-5-11-21/h6-9,12H,3-5,10-11H2,1-2H3. The lowest BCUT2D eigenvalue weighted by molar-refractivity contribution is 0.112. The van der Waals surface area contributed by atoms with Crippen LogP contribution in [0.25, 0.3) is 11.3 Å². The maximum absolute atomic E-state index is 11.5. The van der Waals surface area contributed by atoms with Crippen molar-refractivity contribution in [1.29, 1.82) is 0 Å². The van der Waals surface area contributed by atoms with Gasteiger partial charge in [-0.3, -0.25) is 4.79 Å². The molecule has 0 bridgehead atoms. The van der Waals surface area contributed by atoms with Gasteiger partial charge in [-0.15, -0.1) is 0 Å². The number of aryl methyl sites for hydroxylation is 2. The molecule has 1 fully saturated rings. The predicted molar refractivity (Wildman–Crippen MR) is 88.4 cm³/mol. The van der Waals surface area contributed by atoms with E-state index in [1.807, 2.05) is 31.2 Å². The number of aromatic nitrogens is 2. The number of carbonyl (C=O) groups is 1. The monoisotopic (exact) mass is 295 g/mol. The number of piperidine rings is 1. The summed E-state index contributed by atoms with van der Waals surface area (Å²) >= 11 is 0. The Morgan fingerprint density at radius 2 is 1.68 bits per heavy atom. The molecule has 1 aliphatic rings. The van der Waals surface area contributed by atoms with Crippen LogP contribution in [0.3, 0.4) is 0 Å². The van der Waals surface area contributed by atoms with E-state index in [2.05, 4.69) is 16.8 Å². The molecule has 1 saturated heterocycles. The van der Waals surface area contributed by atoms with Gasteiger partial charge in [0.15, 0.2) is 6.29 Å². The molecule has 0 unspecified atom stereocenters. The zero-order chi connectivity index (χ0) is 15.5. The molecule has 0 amide bonds. The van der Waals surface area contributed by atoms with Crippen molar-refractivity contribution in [2.75, 3.05) is 18.0 Å². The summed E-state index contributed by atoms with van der Waals surface area (Å²) in [6.07, 6.45) is 4.49. The molecule has 0 atom stereocenters. The van der Waals surface area contributed by atoms with Crippen molar-refractivity contribution < 1.29 is 4.79 Å². The van der Waals surface area contributed by atoms with Gasteiger partial charge in [0.1, 0.15) is 0 Å². The fourth-order valence-electron chi connectivity index (χ4n) is 2.87. The van der Waals surface area contributed by atoms with Gasteiger partial charge in [-0.2, -0.15) is 0 Å². The van der Waals surface area contributed by atoms with Crippen molar-refractivity contribution in [3.05, 3.63) is 41.1 Å². The SMILES string of the molecule is Cc1ccc(-c2nc(N3CCCCC3)nc(C)c2C=O)cc1. The van der Waals surface area contributed by atoms with E-state index < -0.39 is 0 Å². The van der Waals surface area contributed by atoms with Gasteiger partial charge in [0.05, 0.1) is 17.0 Å². The van der Waals surface area contributed by atoms with Crippen molar-refractivity contribution in [3.63, 3.8) is 0 Å². The third-order valence-electron chi connectivity index (χ3n) is 4.21. The van der Waals surface area contributed by atoms with Gasteiger partial charge in [0, 0.05) is 18.7 Å². The minimum Gasteiger partial charge on any atom is -0.341 e. The summed E-state index contributed by atoms with van der Waals surface area (Å²) in [7, 11) is 0. The molecule has 4 heteroatoms. The third-order valence-corrected chi connectivity index (χ3v) is 4.21. The molecule has 1 aromatic carbocycles. The smallest absolute Gasteiger partial charge is 0.226 e. The molecular formula is C18H21N3O. The Bertz CT molecular complexity index is 673. The molecule has 0 aliphatic carbocycles. The van der Waals surface area contributed by atoms with E-state index in [0.29, 0.717) is 5.56 Å². The Kier molecular flexibility index (Phi) is 4.18. The second kappa shape index (κ2) is 6.26. The summed E-state index contributed by atoms with van der Waals surface area (Å²) in [6.45, 7) is 5.92. The van der Waals surface area contributed by atoms with Crippen LogP contribution in [0.15, 0.2) is 24.3 Å². The van der Waals surface area contributed by atoms with Crippen LogP contribution in [0.4, 0.5) is 5.95 Å². The number of rotatable bonds is 3. The van der Waals surface area contributed by atoms with Gasteiger partial charge in [-0.05, 0) is 33.1 Å². The molecule has 2 heterocycles. The Balaban J connectivity index is 2.08. The van der Waals surface area contributed by atoms with Crippen molar-refractivity contribution in [2.24, 2.45) is 0 Å². The minimum absolute atomic E-state index is 0.588. The quantitative estimate of drug-likeness (QED) is 0.812. The molecule has 22 heavy (non-hydrogen) atoms.